The highest BCUT2D eigenvalue weighted by Gasteiger charge is 2.45. The van der Waals surface area contributed by atoms with Gasteiger partial charge in [-0.15, -0.1) is 0 Å². The molecule has 0 bridgehead atoms. The molecule has 0 spiro atoms. The summed E-state index contributed by atoms with van der Waals surface area (Å²) in [6.45, 7) is 20.5. The first-order chi connectivity index (χ1) is 20.8. The van der Waals surface area contributed by atoms with Crippen LogP contribution < -0.4 is 0 Å². The lowest BCUT2D eigenvalue weighted by molar-refractivity contribution is -0.154. The third-order valence-electron chi connectivity index (χ3n) is 7.38. The first kappa shape index (κ1) is 38.2. The van der Waals surface area contributed by atoms with E-state index in [4.69, 9.17) is 4.74 Å². The van der Waals surface area contributed by atoms with Gasteiger partial charge in [-0.2, -0.15) is 0 Å². The molecule has 240 valence electrons. The van der Waals surface area contributed by atoms with Gasteiger partial charge in [-0.3, -0.25) is 9.59 Å². The van der Waals surface area contributed by atoms with Gasteiger partial charge in [-0.25, -0.2) is 9.59 Å². The monoisotopic (exact) mass is 604 g/mol. The second kappa shape index (κ2) is 21.0. The van der Waals surface area contributed by atoms with Crippen molar-refractivity contribution in [1.29, 1.82) is 0 Å². The lowest BCUT2D eigenvalue weighted by Crippen LogP contribution is -2.21. The van der Waals surface area contributed by atoms with Crippen molar-refractivity contribution in [3.05, 3.63) is 95.2 Å². The molecule has 44 heavy (non-hydrogen) atoms. The summed E-state index contributed by atoms with van der Waals surface area (Å²) < 4.78 is 8.71. The molecule has 0 radical (unpaired) electrons. The van der Waals surface area contributed by atoms with Crippen LogP contribution in [0.3, 0.4) is 0 Å². The number of cyclic esters (lactones) is 4. The molecular formula is C38H52O6. The maximum Gasteiger partial charge on any atom is 0.338 e. The van der Waals surface area contributed by atoms with Crippen molar-refractivity contribution in [3.8, 4) is 0 Å². The Balaban J connectivity index is 0.000000378. The SMILES string of the molecule is C=CC(=C)CC/C=C(\C)CCC=C(C)C.CC(C)=CCC/C(C)=C/CCC1=CCC2C(=O)OC(=O)C2C1.O=C1C=CC(=O)O1. The van der Waals surface area contributed by atoms with E-state index in [0.717, 1.165) is 62.7 Å². The summed E-state index contributed by atoms with van der Waals surface area (Å²) in [5.41, 5.74) is 8.09. The molecule has 2 aliphatic heterocycles. The average Bonchev–Trinajstić information content (AvgIpc) is 3.48. The van der Waals surface area contributed by atoms with Crippen LogP contribution in [0.1, 0.15) is 106 Å². The molecule has 0 aromatic carbocycles. The highest BCUT2D eigenvalue weighted by molar-refractivity contribution is 6.04. The van der Waals surface area contributed by atoms with Gasteiger partial charge in [0.25, 0.3) is 0 Å². The Morgan fingerprint density at radius 1 is 0.727 bits per heavy atom. The molecule has 6 heteroatoms. The third kappa shape index (κ3) is 16.7. The predicted molar refractivity (Wildman–Crippen MR) is 178 cm³/mol. The van der Waals surface area contributed by atoms with Gasteiger partial charge in [-0.05, 0) is 106 Å². The molecular weight excluding hydrogens is 552 g/mol. The van der Waals surface area contributed by atoms with Crippen molar-refractivity contribution in [2.75, 3.05) is 0 Å². The lowest BCUT2D eigenvalue weighted by Gasteiger charge is -2.20. The molecule has 0 aromatic heterocycles. The highest BCUT2D eigenvalue weighted by atomic mass is 16.6. The molecule has 3 rings (SSSR count). The van der Waals surface area contributed by atoms with E-state index in [9.17, 15) is 19.2 Å². The normalized spacial score (nSPS) is 18.9. The lowest BCUT2D eigenvalue weighted by atomic mass is 9.80. The van der Waals surface area contributed by atoms with Crippen LogP contribution in [0.15, 0.2) is 95.2 Å². The molecule has 2 heterocycles. The fraction of sp³-hybridized carbons (Fsp3) is 0.474. The molecule has 6 nitrogen and oxygen atoms in total. The Kier molecular flexibility index (Phi) is 18.2. The number of hydrogen-bond acceptors (Lipinski definition) is 6. The first-order valence-electron chi connectivity index (χ1n) is 15.6. The molecule has 0 N–H and O–H groups in total. The minimum absolute atomic E-state index is 0.224. The Morgan fingerprint density at radius 3 is 1.70 bits per heavy atom. The van der Waals surface area contributed by atoms with E-state index in [2.05, 4.69) is 89.8 Å². The Hall–Kier alpha value is -3.80. The van der Waals surface area contributed by atoms with Crippen LogP contribution in [0, 0.1) is 11.8 Å². The fourth-order valence-electron chi connectivity index (χ4n) is 4.72. The molecule has 1 fully saturated rings. The standard InChI is InChI=1S/C19H26O3.C15H24.C4H2O3/c1-13(2)6-4-7-14(3)8-5-9-15-10-11-16-17(12-15)19(21)22-18(16)20;1-6-14(4)10-8-12-15(5)11-7-9-13(2)3;5-3-1-2-4(6)7-3/h6,8,10,16-17H,4-5,7,9,11-12H2,1-3H3;6,9,12H,1,4,7-8,10-11H2,2-3,5H3;1-2H/b14-8+;15-12+;. The van der Waals surface area contributed by atoms with E-state index >= 15 is 0 Å². The van der Waals surface area contributed by atoms with E-state index < -0.39 is 11.9 Å². The van der Waals surface area contributed by atoms with Crippen molar-refractivity contribution < 1.29 is 28.7 Å². The predicted octanol–water partition coefficient (Wildman–Crippen LogP) is 9.32. The van der Waals surface area contributed by atoms with Crippen molar-refractivity contribution in [3.63, 3.8) is 0 Å². The average molecular weight is 605 g/mol. The summed E-state index contributed by atoms with van der Waals surface area (Å²) in [6.07, 6.45) is 25.3. The topological polar surface area (TPSA) is 86.7 Å². The smallest absolute Gasteiger partial charge is 0.338 e. The number of carbonyl (C=O) groups excluding carboxylic acids is 4. The summed E-state index contributed by atoms with van der Waals surface area (Å²) in [4.78, 5) is 43.0. The maximum atomic E-state index is 11.6. The van der Waals surface area contributed by atoms with Crippen LogP contribution in [0.4, 0.5) is 0 Å². The number of hydrogen-bond donors (Lipinski definition) is 0. The van der Waals surface area contributed by atoms with Crippen LogP contribution in [0.25, 0.3) is 0 Å². The third-order valence-corrected chi connectivity index (χ3v) is 7.38. The summed E-state index contributed by atoms with van der Waals surface area (Å²) in [5, 5.41) is 0. The number of carbonyl (C=O) groups is 4. The van der Waals surface area contributed by atoms with E-state index in [1.807, 2.05) is 6.08 Å². The van der Waals surface area contributed by atoms with E-state index in [-0.39, 0.29) is 23.8 Å². The van der Waals surface area contributed by atoms with Gasteiger partial charge in [0.2, 0.25) is 0 Å². The Labute approximate surface area is 265 Å². The summed E-state index contributed by atoms with van der Waals surface area (Å²) in [6, 6.07) is 0. The van der Waals surface area contributed by atoms with Crippen LogP contribution in [0.2, 0.25) is 0 Å². The fourth-order valence-corrected chi connectivity index (χ4v) is 4.72. The minimum Gasteiger partial charge on any atom is -0.393 e. The molecule has 3 aliphatic rings. The van der Waals surface area contributed by atoms with Crippen molar-refractivity contribution >= 4 is 23.9 Å². The molecule has 0 saturated carbocycles. The molecule has 1 aliphatic carbocycles. The molecule has 2 atom stereocenters. The van der Waals surface area contributed by atoms with E-state index in [1.54, 1.807) is 0 Å². The highest BCUT2D eigenvalue weighted by Crippen LogP contribution is 2.37. The van der Waals surface area contributed by atoms with Crippen LogP contribution in [0.5, 0.6) is 0 Å². The molecule has 0 amide bonds. The molecule has 2 unspecified atom stereocenters. The zero-order valence-electron chi connectivity index (χ0n) is 27.7. The zero-order chi connectivity index (χ0) is 33.1. The van der Waals surface area contributed by atoms with Crippen LogP contribution in [-0.2, 0) is 28.7 Å². The van der Waals surface area contributed by atoms with Crippen LogP contribution >= 0.6 is 0 Å². The largest absolute Gasteiger partial charge is 0.393 e. The second-order valence-corrected chi connectivity index (χ2v) is 12.0. The van der Waals surface area contributed by atoms with Crippen LogP contribution in [-0.4, -0.2) is 23.9 Å². The minimum atomic E-state index is -0.579. The molecule has 1 saturated heterocycles. The van der Waals surface area contributed by atoms with Crippen molar-refractivity contribution in [2.45, 2.75) is 106 Å². The Morgan fingerprint density at radius 2 is 1.23 bits per heavy atom. The van der Waals surface area contributed by atoms with Gasteiger partial charge in [0.05, 0.1) is 11.8 Å². The number of fused-ring (bicyclic) bond motifs is 1. The number of ether oxygens (including phenoxy) is 2. The quantitative estimate of drug-likeness (QED) is 0.0901. The van der Waals surface area contributed by atoms with E-state index in [1.165, 1.54) is 34.3 Å². The summed E-state index contributed by atoms with van der Waals surface area (Å²) >= 11 is 0. The van der Waals surface area contributed by atoms with E-state index in [0.29, 0.717) is 12.8 Å². The maximum absolute atomic E-state index is 11.6. The summed E-state index contributed by atoms with van der Waals surface area (Å²) in [5.74, 6) is -2.27. The van der Waals surface area contributed by atoms with Crippen molar-refractivity contribution in [2.24, 2.45) is 11.8 Å². The van der Waals surface area contributed by atoms with Gasteiger partial charge in [-0.1, -0.05) is 83.1 Å². The van der Waals surface area contributed by atoms with Crippen molar-refractivity contribution in [1.82, 2.24) is 0 Å². The number of rotatable bonds is 13. The second-order valence-electron chi connectivity index (χ2n) is 12.0. The van der Waals surface area contributed by atoms with Gasteiger partial charge in [0.1, 0.15) is 0 Å². The summed E-state index contributed by atoms with van der Waals surface area (Å²) in [7, 11) is 0. The Bertz CT molecular complexity index is 1210. The number of allylic oxidation sites excluding steroid dienone is 12. The van der Waals surface area contributed by atoms with Gasteiger partial charge in [0, 0.05) is 12.2 Å². The molecule has 0 aromatic rings. The van der Waals surface area contributed by atoms with Gasteiger partial charge < -0.3 is 9.47 Å². The zero-order valence-corrected chi connectivity index (χ0v) is 27.7. The number of esters is 4. The first-order valence-corrected chi connectivity index (χ1v) is 15.6. The van der Waals surface area contributed by atoms with Gasteiger partial charge >= 0.3 is 23.9 Å². The van der Waals surface area contributed by atoms with Gasteiger partial charge in [0.15, 0.2) is 0 Å².